The number of carbonyl (C=O) groups is 2. The molecule has 0 atom stereocenters. The fourth-order valence-electron chi connectivity index (χ4n) is 2.46. The fourth-order valence-corrected chi connectivity index (χ4v) is 3.24. The van der Waals surface area contributed by atoms with E-state index in [0.29, 0.717) is 11.4 Å². The second-order valence-corrected chi connectivity index (χ2v) is 6.67. The van der Waals surface area contributed by atoms with Gasteiger partial charge in [0.15, 0.2) is 5.16 Å². The molecular formula is C19H20N4O5S. The number of hydrogen-bond acceptors (Lipinski definition) is 8. The predicted molar refractivity (Wildman–Crippen MR) is 107 cm³/mol. The second kappa shape index (κ2) is 10.9. The van der Waals surface area contributed by atoms with Gasteiger partial charge in [-0.05, 0) is 12.1 Å². The number of methoxy groups -OCH3 is 2. The number of ether oxygens (including phenoxy) is 2. The van der Waals surface area contributed by atoms with Crippen molar-refractivity contribution in [2.24, 2.45) is 0 Å². The zero-order valence-electron chi connectivity index (χ0n) is 16.0. The zero-order chi connectivity index (χ0) is 21.2. The van der Waals surface area contributed by atoms with Gasteiger partial charge in [0.25, 0.3) is 5.56 Å². The molecule has 9 nitrogen and oxygen atoms in total. The first-order valence-electron chi connectivity index (χ1n) is 8.58. The van der Waals surface area contributed by atoms with Crippen LogP contribution in [0.1, 0.15) is 12.1 Å². The maximum atomic E-state index is 12.8. The smallest absolute Gasteiger partial charge is 0.311 e. The molecule has 1 aromatic carbocycles. The first-order chi connectivity index (χ1) is 14.0. The lowest BCUT2D eigenvalue weighted by molar-refractivity contribution is -0.139. The van der Waals surface area contributed by atoms with E-state index in [1.165, 1.54) is 25.2 Å². The molecule has 0 aliphatic heterocycles. The number of benzene rings is 1. The van der Waals surface area contributed by atoms with Crippen LogP contribution in [0.15, 0.2) is 40.3 Å². The lowest BCUT2D eigenvalue weighted by atomic mass is 10.2. The molecule has 10 heteroatoms. The van der Waals surface area contributed by atoms with Crippen molar-refractivity contribution in [1.82, 2.24) is 9.97 Å². The molecule has 1 heterocycles. The van der Waals surface area contributed by atoms with Crippen molar-refractivity contribution < 1.29 is 19.1 Å². The Morgan fingerprint density at radius 3 is 2.76 bits per heavy atom. The van der Waals surface area contributed by atoms with E-state index in [2.05, 4.69) is 14.7 Å². The Morgan fingerprint density at radius 2 is 2.07 bits per heavy atom. The SMILES string of the molecule is COC(=O)Cc1cc(=O)[nH]c(SCC(=O)N(CCC#N)c2ccccc2OC)n1. The first-order valence-corrected chi connectivity index (χ1v) is 9.57. The zero-order valence-corrected chi connectivity index (χ0v) is 16.8. The average Bonchev–Trinajstić information content (AvgIpc) is 2.72. The quantitative estimate of drug-likeness (QED) is 0.371. The molecule has 0 saturated carbocycles. The van der Waals surface area contributed by atoms with E-state index in [-0.39, 0.29) is 41.9 Å². The molecule has 2 aromatic rings. The molecule has 0 aliphatic rings. The molecule has 1 amide bonds. The summed E-state index contributed by atoms with van der Waals surface area (Å²) in [6, 6.07) is 10.2. The number of nitriles is 1. The van der Waals surface area contributed by atoms with Gasteiger partial charge in [0.05, 0.1) is 50.3 Å². The number of thioether (sulfide) groups is 1. The summed E-state index contributed by atoms with van der Waals surface area (Å²) in [4.78, 5) is 44.2. The normalized spacial score (nSPS) is 10.1. The molecule has 1 aromatic heterocycles. The van der Waals surface area contributed by atoms with Gasteiger partial charge in [0, 0.05) is 12.6 Å². The van der Waals surface area contributed by atoms with Crippen LogP contribution in [-0.4, -0.2) is 48.4 Å². The third kappa shape index (κ3) is 6.36. The molecule has 0 fully saturated rings. The van der Waals surface area contributed by atoms with E-state index in [9.17, 15) is 14.4 Å². The number of aromatic amines is 1. The molecule has 0 saturated heterocycles. The van der Waals surface area contributed by atoms with Crippen molar-refractivity contribution in [3.63, 3.8) is 0 Å². The Morgan fingerprint density at radius 1 is 1.31 bits per heavy atom. The molecular weight excluding hydrogens is 396 g/mol. The molecule has 0 unspecified atom stereocenters. The van der Waals surface area contributed by atoms with E-state index in [0.717, 1.165) is 11.8 Å². The summed E-state index contributed by atoms with van der Waals surface area (Å²) in [5, 5.41) is 9.13. The lowest BCUT2D eigenvalue weighted by Crippen LogP contribution is -2.33. The van der Waals surface area contributed by atoms with Crippen LogP contribution >= 0.6 is 11.8 Å². The summed E-state index contributed by atoms with van der Waals surface area (Å²) in [6.07, 6.45) is 0.00951. The Hall–Kier alpha value is -3.32. The van der Waals surface area contributed by atoms with Gasteiger partial charge in [-0.3, -0.25) is 14.4 Å². The third-order valence-corrected chi connectivity index (χ3v) is 4.64. The minimum Gasteiger partial charge on any atom is -0.495 e. The number of para-hydroxylation sites is 2. The van der Waals surface area contributed by atoms with Crippen molar-refractivity contribution in [2.45, 2.75) is 18.0 Å². The van der Waals surface area contributed by atoms with Gasteiger partial charge in [-0.1, -0.05) is 23.9 Å². The topological polar surface area (TPSA) is 125 Å². The monoisotopic (exact) mass is 416 g/mol. The van der Waals surface area contributed by atoms with Crippen molar-refractivity contribution in [3.05, 3.63) is 46.4 Å². The largest absolute Gasteiger partial charge is 0.495 e. The van der Waals surface area contributed by atoms with Crippen LogP contribution in [0.2, 0.25) is 0 Å². The van der Waals surface area contributed by atoms with Crippen LogP contribution in [0.3, 0.4) is 0 Å². The number of nitrogens with zero attached hydrogens (tertiary/aromatic N) is 3. The van der Waals surface area contributed by atoms with Gasteiger partial charge < -0.3 is 19.4 Å². The molecule has 0 aliphatic carbocycles. The molecule has 0 bridgehead atoms. The molecule has 1 N–H and O–H groups in total. The highest BCUT2D eigenvalue weighted by Gasteiger charge is 2.20. The third-order valence-electron chi connectivity index (χ3n) is 3.78. The Balaban J connectivity index is 2.17. The molecule has 152 valence electrons. The Labute approximate surface area is 171 Å². The summed E-state index contributed by atoms with van der Waals surface area (Å²) in [5.74, 6) is -0.325. The Bertz CT molecular complexity index is 970. The summed E-state index contributed by atoms with van der Waals surface area (Å²) in [7, 11) is 2.75. The van der Waals surface area contributed by atoms with Crippen molar-refractivity contribution in [2.75, 3.05) is 31.4 Å². The van der Waals surface area contributed by atoms with Crippen LogP contribution < -0.4 is 15.2 Å². The summed E-state index contributed by atoms with van der Waals surface area (Å²) < 4.78 is 9.89. The second-order valence-electron chi connectivity index (χ2n) is 5.71. The molecule has 0 spiro atoms. The number of esters is 1. The van der Waals surface area contributed by atoms with Crippen LogP contribution in [0.5, 0.6) is 5.75 Å². The van der Waals surface area contributed by atoms with Gasteiger partial charge >= 0.3 is 5.97 Å². The van der Waals surface area contributed by atoms with Gasteiger partial charge in [-0.25, -0.2) is 4.98 Å². The summed E-state index contributed by atoms with van der Waals surface area (Å²) >= 11 is 1.03. The van der Waals surface area contributed by atoms with E-state index in [1.807, 2.05) is 6.07 Å². The highest BCUT2D eigenvalue weighted by atomic mass is 32.2. The van der Waals surface area contributed by atoms with Gasteiger partial charge in [-0.15, -0.1) is 0 Å². The molecule has 29 heavy (non-hydrogen) atoms. The number of rotatable bonds is 9. The van der Waals surface area contributed by atoms with Crippen molar-refractivity contribution in [3.8, 4) is 11.8 Å². The van der Waals surface area contributed by atoms with E-state index in [4.69, 9.17) is 10.00 Å². The standard InChI is InChI=1S/C19H20N4O5S/c1-27-15-7-4-3-6-14(15)23(9-5-8-20)17(25)12-29-19-21-13(10-16(24)22-19)11-18(26)28-2/h3-4,6-7,10H,5,9,11-12H2,1-2H3,(H,21,22,24). The fraction of sp³-hybridized carbons (Fsp3) is 0.316. The van der Waals surface area contributed by atoms with Gasteiger partial charge in [0.2, 0.25) is 5.91 Å². The minimum absolute atomic E-state index is 0.0336. The Kier molecular flexibility index (Phi) is 8.24. The van der Waals surface area contributed by atoms with Crippen LogP contribution in [0.25, 0.3) is 0 Å². The molecule has 2 rings (SSSR count). The van der Waals surface area contributed by atoms with Crippen LogP contribution in [-0.2, 0) is 20.7 Å². The van der Waals surface area contributed by atoms with E-state index >= 15 is 0 Å². The van der Waals surface area contributed by atoms with Crippen LogP contribution in [0, 0.1) is 11.3 Å². The average molecular weight is 416 g/mol. The highest BCUT2D eigenvalue weighted by molar-refractivity contribution is 7.99. The van der Waals surface area contributed by atoms with Crippen molar-refractivity contribution in [1.29, 1.82) is 5.26 Å². The first kappa shape index (κ1) is 22.0. The number of carbonyl (C=O) groups excluding carboxylic acids is 2. The number of hydrogen-bond donors (Lipinski definition) is 1. The maximum absolute atomic E-state index is 12.8. The molecule has 0 radical (unpaired) electrons. The minimum atomic E-state index is -0.519. The highest BCUT2D eigenvalue weighted by Crippen LogP contribution is 2.28. The van der Waals surface area contributed by atoms with Gasteiger partial charge in [-0.2, -0.15) is 5.26 Å². The van der Waals surface area contributed by atoms with Crippen molar-refractivity contribution >= 4 is 29.3 Å². The van der Waals surface area contributed by atoms with Crippen LogP contribution in [0.4, 0.5) is 5.69 Å². The number of nitrogens with one attached hydrogen (secondary N) is 1. The summed E-state index contributed by atoms with van der Waals surface area (Å²) in [5.41, 5.74) is 0.373. The number of H-pyrrole nitrogens is 1. The van der Waals surface area contributed by atoms with E-state index in [1.54, 1.807) is 24.3 Å². The van der Waals surface area contributed by atoms with E-state index < -0.39 is 11.5 Å². The maximum Gasteiger partial charge on any atom is 0.311 e. The lowest BCUT2D eigenvalue weighted by Gasteiger charge is -2.23. The van der Waals surface area contributed by atoms with Gasteiger partial charge in [0.1, 0.15) is 5.75 Å². The summed E-state index contributed by atoms with van der Waals surface area (Å²) in [6.45, 7) is 0.197. The number of amides is 1. The number of anilines is 1. The predicted octanol–water partition coefficient (Wildman–Crippen LogP) is 1.53. The number of aromatic nitrogens is 2.